The molecule has 0 unspecified atom stereocenters. The van der Waals surface area contributed by atoms with E-state index in [4.69, 9.17) is 4.74 Å². The Labute approximate surface area is 129 Å². The van der Waals surface area contributed by atoms with E-state index in [0.717, 1.165) is 17.7 Å². The SMILES string of the molecule is O=C(NCCCSc1ccccc1)OCc1ccccc1. The third kappa shape index (κ3) is 6.36. The molecule has 0 bridgehead atoms. The van der Waals surface area contributed by atoms with E-state index in [1.54, 1.807) is 11.8 Å². The van der Waals surface area contributed by atoms with Crippen LogP contribution in [0.25, 0.3) is 0 Å². The van der Waals surface area contributed by atoms with E-state index < -0.39 is 0 Å². The van der Waals surface area contributed by atoms with Gasteiger partial charge < -0.3 is 10.1 Å². The largest absolute Gasteiger partial charge is 0.445 e. The smallest absolute Gasteiger partial charge is 0.407 e. The molecule has 0 aliphatic rings. The first-order valence-corrected chi connectivity index (χ1v) is 7.95. The number of amides is 1. The second-order valence-electron chi connectivity index (χ2n) is 4.50. The van der Waals surface area contributed by atoms with Crippen molar-refractivity contribution in [3.8, 4) is 0 Å². The van der Waals surface area contributed by atoms with Gasteiger partial charge in [0, 0.05) is 11.4 Å². The molecule has 0 saturated heterocycles. The summed E-state index contributed by atoms with van der Waals surface area (Å²) in [5.41, 5.74) is 0.993. The van der Waals surface area contributed by atoms with Crippen LogP contribution in [0.5, 0.6) is 0 Å². The molecular formula is C17H19NO2S. The Kier molecular flexibility index (Phi) is 6.68. The van der Waals surface area contributed by atoms with E-state index in [2.05, 4.69) is 17.4 Å². The first-order chi connectivity index (χ1) is 10.3. The molecule has 2 aromatic carbocycles. The summed E-state index contributed by atoms with van der Waals surface area (Å²) in [5.74, 6) is 0.975. The Hall–Kier alpha value is -1.94. The Balaban J connectivity index is 1.53. The summed E-state index contributed by atoms with van der Waals surface area (Å²) >= 11 is 1.79. The molecule has 0 aliphatic carbocycles. The molecule has 0 fully saturated rings. The zero-order chi connectivity index (χ0) is 14.8. The van der Waals surface area contributed by atoms with Gasteiger partial charge in [0.1, 0.15) is 6.61 Å². The minimum absolute atomic E-state index is 0.311. The van der Waals surface area contributed by atoms with Crippen molar-refractivity contribution in [3.05, 3.63) is 66.2 Å². The Bertz CT molecular complexity index is 531. The van der Waals surface area contributed by atoms with Gasteiger partial charge in [-0.25, -0.2) is 4.79 Å². The monoisotopic (exact) mass is 301 g/mol. The second-order valence-corrected chi connectivity index (χ2v) is 5.67. The number of alkyl carbamates (subject to hydrolysis) is 1. The zero-order valence-corrected chi connectivity index (χ0v) is 12.6. The first-order valence-electron chi connectivity index (χ1n) is 6.97. The molecule has 4 heteroatoms. The average molecular weight is 301 g/mol. The number of carbonyl (C=O) groups excluding carboxylic acids is 1. The van der Waals surface area contributed by atoms with Crippen LogP contribution in [0.3, 0.4) is 0 Å². The van der Waals surface area contributed by atoms with Crippen LogP contribution in [0.15, 0.2) is 65.6 Å². The summed E-state index contributed by atoms with van der Waals surface area (Å²) in [6, 6.07) is 19.9. The van der Waals surface area contributed by atoms with E-state index in [-0.39, 0.29) is 6.09 Å². The fraction of sp³-hybridized carbons (Fsp3) is 0.235. The molecule has 2 aromatic rings. The van der Waals surface area contributed by atoms with Crippen LogP contribution in [0.4, 0.5) is 4.79 Å². The number of nitrogens with one attached hydrogen (secondary N) is 1. The molecule has 1 amide bonds. The van der Waals surface area contributed by atoms with Gasteiger partial charge in [-0.3, -0.25) is 0 Å². The summed E-state index contributed by atoms with van der Waals surface area (Å²) < 4.78 is 5.14. The van der Waals surface area contributed by atoms with Gasteiger partial charge in [0.2, 0.25) is 0 Å². The molecule has 0 saturated carbocycles. The second kappa shape index (κ2) is 9.08. The maximum atomic E-state index is 11.5. The van der Waals surface area contributed by atoms with Gasteiger partial charge in [-0.2, -0.15) is 0 Å². The molecule has 0 atom stereocenters. The van der Waals surface area contributed by atoms with Crippen LogP contribution in [0.1, 0.15) is 12.0 Å². The van der Waals surface area contributed by atoms with Gasteiger partial charge in [-0.05, 0) is 29.9 Å². The number of rotatable bonds is 7. The normalized spacial score (nSPS) is 10.1. The van der Waals surface area contributed by atoms with Gasteiger partial charge in [-0.1, -0.05) is 48.5 Å². The van der Waals surface area contributed by atoms with Crippen LogP contribution < -0.4 is 5.32 Å². The van der Waals surface area contributed by atoms with Crippen molar-refractivity contribution >= 4 is 17.9 Å². The lowest BCUT2D eigenvalue weighted by Crippen LogP contribution is -2.25. The molecule has 0 heterocycles. The summed E-state index contributed by atoms with van der Waals surface area (Å²) in [6.07, 6.45) is 0.559. The standard InChI is InChI=1S/C17H19NO2S/c19-17(20-14-15-8-3-1-4-9-15)18-12-7-13-21-16-10-5-2-6-11-16/h1-6,8-11H,7,12-14H2,(H,18,19). The molecule has 0 aliphatic heterocycles. The molecule has 0 radical (unpaired) electrons. The van der Waals surface area contributed by atoms with Crippen LogP contribution in [0, 0.1) is 0 Å². The van der Waals surface area contributed by atoms with E-state index in [1.807, 2.05) is 48.5 Å². The van der Waals surface area contributed by atoms with Crippen molar-refractivity contribution < 1.29 is 9.53 Å². The predicted molar refractivity (Wildman–Crippen MR) is 86.4 cm³/mol. The van der Waals surface area contributed by atoms with Crippen LogP contribution in [-0.4, -0.2) is 18.4 Å². The summed E-state index contributed by atoms with van der Waals surface area (Å²) in [7, 11) is 0. The number of hydrogen-bond acceptors (Lipinski definition) is 3. The summed E-state index contributed by atoms with van der Waals surface area (Å²) in [6.45, 7) is 0.943. The Morgan fingerprint density at radius 3 is 2.38 bits per heavy atom. The van der Waals surface area contributed by atoms with Gasteiger partial charge in [0.25, 0.3) is 0 Å². The number of benzene rings is 2. The Morgan fingerprint density at radius 1 is 1.00 bits per heavy atom. The molecule has 21 heavy (non-hydrogen) atoms. The lowest BCUT2D eigenvalue weighted by atomic mass is 10.2. The van der Waals surface area contributed by atoms with Crippen molar-refractivity contribution in [2.24, 2.45) is 0 Å². The molecule has 3 nitrogen and oxygen atoms in total. The number of ether oxygens (including phenoxy) is 1. The third-order valence-corrected chi connectivity index (χ3v) is 3.91. The quantitative estimate of drug-likeness (QED) is 0.618. The average Bonchev–Trinajstić information content (AvgIpc) is 2.54. The predicted octanol–water partition coefficient (Wildman–Crippen LogP) is 4.10. The summed E-state index contributed by atoms with van der Waals surface area (Å²) in [4.78, 5) is 12.8. The third-order valence-electron chi connectivity index (χ3n) is 2.82. The van der Waals surface area contributed by atoms with Crippen LogP contribution in [-0.2, 0) is 11.3 Å². The lowest BCUT2D eigenvalue weighted by Gasteiger charge is -2.07. The van der Waals surface area contributed by atoms with E-state index in [0.29, 0.717) is 13.2 Å². The van der Waals surface area contributed by atoms with Crippen LogP contribution >= 0.6 is 11.8 Å². The van der Waals surface area contributed by atoms with Gasteiger partial charge in [0.05, 0.1) is 0 Å². The highest BCUT2D eigenvalue weighted by atomic mass is 32.2. The highest BCUT2D eigenvalue weighted by Crippen LogP contribution is 2.17. The van der Waals surface area contributed by atoms with Crippen molar-refractivity contribution in [3.63, 3.8) is 0 Å². The van der Waals surface area contributed by atoms with Crippen molar-refractivity contribution in [1.82, 2.24) is 5.32 Å². The highest BCUT2D eigenvalue weighted by molar-refractivity contribution is 7.99. The summed E-state index contributed by atoms with van der Waals surface area (Å²) in [5, 5.41) is 2.76. The number of hydrogen-bond donors (Lipinski definition) is 1. The maximum absolute atomic E-state index is 11.5. The zero-order valence-electron chi connectivity index (χ0n) is 11.8. The molecule has 0 spiro atoms. The molecule has 0 aromatic heterocycles. The van der Waals surface area contributed by atoms with E-state index >= 15 is 0 Å². The van der Waals surface area contributed by atoms with E-state index in [1.165, 1.54) is 4.90 Å². The lowest BCUT2D eigenvalue weighted by molar-refractivity contribution is 0.139. The van der Waals surface area contributed by atoms with Crippen LogP contribution in [0.2, 0.25) is 0 Å². The maximum Gasteiger partial charge on any atom is 0.407 e. The Morgan fingerprint density at radius 2 is 1.67 bits per heavy atom. The first kappa shape index (κ1) is 15.4. The highest BCUT2D eigenvalue weighted by Gasteiger charge is 2.01. The molecule has 1 N–H and O–H groups in total. The van der Waals surface area contributed by atoms with Crippen molar-refractivity contribution in [2.75, 3.05) is 12.3 Å². The molecular weight excluding hydrogens is 282 g/mol. The molecule has 110 valence electrons. The van der Waals surface area contributed by atoms with E-state index in [9.17, 15) is 4.79 Å². The van der Waals surface area contributed by atoms with Gasteiger partial charge >= 0.3 is 6.09 Å². The number of carbonyl (C=O) groups is 1. The number of thioether (sulfide) groups is 1. The molecule has 2 rings (SSSR count). The van der Waals surface area contributed by atoms with Gasteiger partial charge in [0.15, 0.2) is 0 Å². The fourth-order valence-electron chi connectivity index (χ4n) is 1.74. The fourth-order valence-corrected chi connectivity index (χ4v) is 2.62. The van der Waals surface area contributed by atoms with Crippen molar-refractivity contribution in [2.45, 2.75) is 17.9 Å². The minimum atomic E-state index is -0.358. The topological polar surface area (TPSA) is 38.3 Å². The van der Waals surface area contributed by atoms with Crippen molar-refractivity contribution in [1.29, 1.82) is 0 Å². The minimum Gasteiger partial charge on any atom is -0.445 e. The van der Waals surface area contributed by atoms with Gasteiger partial charge in [-0.15, -0.1) is 11.8 Å².